The van der Waals surface area contributed by atoms with Crippen LogP contribution in [0.1, 0.15) is 5.56 Å². The summed E-state index contributed by atoms with van der Waals surface area (Å²) in [6.45, 7) is 1.86. The number of rotatable bonds is 4. The van der Waals surface area contributed by atoms with Crippen molar-refractivity contribution in [3.63, 3.8) is 0 Å². The van der Waals surface area contributed by atoms with Crippen LogP contribution in [0.2, 0.25) is 10.0 Å². The Morgan fingerprint density at radius 2 is 2.00 bits per heavy atom. The highest BCUT2D eigenvalue weighted by molar-refractivity contribution is 8.00. The number of nitrogens with two attached hydrogens (primary N) is 1. The second-order valence-corrected chi connectivity index (χ2v) is 6.27. The number of benzene rings is 2. The summed E-state index contributed by atoms with van der Waals surface area (Å²) in [7, 11) is 0. The molecule has 110 valence electrons. The predicted octanol–water partition coefficient (Wildman–Crippen LogP) is 4.61. The number of nitrogen functional groups attached to an aromatic ring is 1. The van der Waals surface area contributed by atoms with Crippen LogP contribution in [0.15, 0.2) is 41.3 Å². The van der Waals surface area contributed by atoms with Crippen molar-refractivity contribution in [1.29, 1.82) is 0 Å². The molecule has 0 aliphatic heterocycles. The van der Waals surface area contributed by atoms with E-state index in [1.807, 2.05) is 13.0 Å². The number of nitrogens with one attached hydrogen (secondary N) is 1. The van der Waals surface area contributed by atoms with Crippen LogP contribution in [0.4, 0.5) is 11.4 Å². The molecule has 0 spiro atoms. The summed E-state index contributed by atoms with van der Waals surface area (Å²) in [6, 6.07) is 10.6. The fourth-order valence-electron chi connectivity index (χ4n) is 1.70. The van der Waals surface area contributed by atoms with Crippen molar-refractivity contribution in [2.24, 2.45) is 0 Å². The van der Waals surface area contributed by atoms with Crippen LogP contribution in [-0.2, 0) is 4.79 Å². The topological polar surface area (TPSA) is 55.1 Å². The normalized spacial score (nSPS) is 10.4. The third-order valence-electron chi connectivity index (χ3n) is 2.86. The second kappa shape index (κ2) is 7.07. The van der Waals surface area contributed by atoms with E-state index in [0.717, 1.165) is 10.5 Å². The molecule has 0 atom stereocenters. The molecule has 0 saturated heterocycles. The number of halogens is 2. The zero-order valence-electron chi connectivity index (χ0n) is 11.3. The van der Waals surface area contributed by atoms with Crippen molar-refractivity contribution in [2.45, 2.75) is 11.8 Å². The highest BCUT2D eigenvalue weighted by Gasteiger charge is 2.09. The average Bonchev–Trinajstić information content (AvgIpc) is 2.45. The minimum absolute atomic E-state index is 0.121. The molecule has 3 nitrogen and oxygen atoms in total. The van der Waals surface area contributed by atoms with Gasteiger partial charge in [0.25, 0.3) is 0 Å². The maximum atomic E-state index is 12.0. The van der Waals surface area contributed by atoms with Gasteiger partial charge in [0.2, 0.25) is 5.91 Å². The lowest BCUT2D eigenvalue weighted by Gasteiger charge is -2.10. The van der Waals surface area contributed by atoms with Crippen LogP contribution in [-0.4, -0.2) is 11.7 Å². The number of amides is 1. The molecule has 3 N–H and O–H groups in total. The first-order chi connectivity index (χ1) is 9.97. The van der Waals surface area contributed by atoms with Gasteiger partial charge in [-0.05, 0) is 42.8 Å². The molecule has 1 amide bonds. The minimum Gasteiger partial charge on any atom is -0.399 e. The van der Waals surface area contributed by atoms with E-state index in [2.05, 4.69) is 5.32 Å². The van der Waals surface area contributed by atoms with Gasteiger partial charge in [0.1, 0.15) is 0 Å². The van der Waals surface area contributed by atoms with Crippen molar-refractivity contribution >= 4 is 52.2 Å². The molecule has 0 aromatic heterocycles. The molecule has 0 saturated carbocycles. The van der Waals surface area contributed by atoms with Crippen molar-refractivity contribution in [2.75, 3.05) is 16.8 Å². The maximum Gasteiger partial charge on any atom is 0.234 e. The maximum absolute atomic E-state index is 12.0. The summed E-state index contributed by atoms with van der Waals surface area (Å²) < 4.78 is 0. The lowest BCUT2D eigenvalue weighted by Crippen LogP contribution is -2.14. The van der Waals surface area contributed by atoms with E-state index in [9.17, 15) is 4.79 Å². The minimum atomic E-state index is -0.121. The van der Waals surface area contributed by atoms with E-state index in [1.165, 1.54) is 11.8 Å². The molecule has 0 aliphatic rings. The Bertz CT molecular complexity index is 677. The van der Waals surface area contributed by atoms with E-state index in [4.69, 9.17) is 28.9 Å². The zero-order valence-corrected chi connectivity index (χ0v) is 13.6. The molecule has 2 rings (SSSR count). The molecular weight excluding hydrogens is 327 g/mol. The first-order valence-electron chi connectivity index (χ1n) is 6.20. The van der Waals surface area contributed by atoms with Crippen LogP contribution < -0.4 is 11.1 Å². The Hall–Kier alpha value is -1.36. The van der Waals surface area contributed by atoms with Gasteiger partial charge < -0.3 is 11.1 Å². The first-order valence-corrected chi connectivity index (χ1v) is 7.94. The van der Waals surface area contributed by atoms with Gasteiger partial charge in [-0.25, -0.2) is 0 Å². The number of carbonyl (C=O) groups excluding carboxylic acids is 1. The average molecular weight is 341 g/mol. The van der Waals surface area contributed by atoms with Crippen LogP contribution >= 0.6 is 35.0 Å². The smallest absolute Gasteiger partial charge is 0.234 e. The summed E-state index contributed by atoms with van der Waals surface area (Å²) in [6.07, 6.45) is 0. The Labute approximate surface area is 137 Å². The lowest BCUT2D eigenvalue weighted by atomic mass is 10.2. The SMILES string of the molecule is Cc1c(Cl)cccc1NC(=O)CSc1cc(N)ccc1Cl. The molecular formula is C15H14Cl2N2OS. The first kappa shape index (κ1) is 16.0. The zero-order chi connectivity index (χ0) is 15.4. The second-order valence-electron chi connectivity index (χ2n) is 4.44. The van der Waals surface area contributed by atoms with Gasteiger partial charge >= 0.3 is 0 Å². The van der Waals surface area contributed by atoms with Crippen LogP contribution in [0.5, 0.6) is 0 Å². The van der Waals surface area contributed by atoms with Crippen LogP contribution in [0, 0.1) is 6.92 Å². The molecule has 6 heteroatoms. The quantitative estimate of drug-likeness (QED) is 0.630. The van der Waals surface area contributed by atoms with Crippen molar-refractivity contribution in [1.82, 2.24) is 0 Å². The van der Waals surface area contributed by atoms with Gasteiger partial charge in [-0.1, -0.05) is 29.3 Å². The summed E-state index contributed by atoms with van der Waals surface area (Å²) in [5.41, 5.74) is 7.89. The van der Waals surface area contributed by atoms with E-state index >= 15 is 0 Å². The molecule has 0 unspecified atom stereocenters. The van der Waals surface area contributed by atoms with E-state index in [-0.39, 0.29) is 11.7 Å². The van der Waals surface area contributed by atoms with Gasteiger partial charge in [-0.3, -0.25) is 4.79 Å². The standard InChI is InChI=1S/C15H14Cl2N2OS/c1-9-11(16)3-2-4-13(9)19-15(20)8-21-14-7-10(18)5-6-12(14)17/h2-7H,8,18H2,1H3,(H,19,20). The number of anilines is 2. The number of hydrogen-bond donors (Lipinski definition) is 2. The predicted molar refractivity (Wildman–Crippen MR) is 91.4 cm³/mol. The molecule has 0 aliphatic carbocycles. The number of thioether (sulfide) groups is 1. The summed E-state index contributed by atoms with van der Waals surface area (Å²) in [5, 5.41) is 4.05. The van der Waals surface area contributed by atoms with Crippen molar-refractivity contribution < 1.29 is 4.79 Å². The fraction of sp³-hybridized carbons (Fsp3) is 0.133. The molecule has 0 fully saturated rings. The van der Waals surface area contributed by atoms with Gasteiger partial charge in [0.05, 0.1) is 10.8 Å². The van der Waals surface area contributed by atoms with Gasteiger partial charge in [-0.2, -0.15) is 0 Å². The molecule has 2 aromatic carbocycles. The Morgan fingerprint density at radius 1 is 1.24 bits per heavy atom. The van der Waals surface area contributed by atoms with E-state index in [1.54, 1.807) is 30.3 Å². The lowest BCUT2D eigenvalue weighted by molar-refractivity contribution is -0.113. The Balaban J connectivity index is 1.99. The van der Waals surface area contributed by atoms with E-state index in [0.29, 0.717) is 21.4 Å². The Morgan fingerprint density at radius 3 is 2.76 bits per heavy atom. The molecule has 21 heavy (non-hydrogen) atoms. The highest BCUT2D eigenvalue weighted by Crippen LogP contribution is 2.29. The van der Waals surface area contributed by atoms with Gasteiger partial charge in [0, 0.05) is 21.3 Å². The number of carbonyl (C=O) groups is 1. The van der Waals surface area contributed by atoms with Crippen molar-refractivity contribution in [3.8, 4) is 0 Å². The summed E-state index contributed by atoms with van der Waals surface area (Å²) >= 11 is 13.4. The van der Waals surface area contributed by atoms with E-state index < -0.39 is 0 Å². The largest absolute Gasteiger partial charge is 0.399 e. The van der Waals surface area contributed by atoms with Crippen LogP contribution in [0.3, 0.4) is 0 Å². The monoisotopic (exact) mass is 340 g/mol. The van der Waals surface area contributed by atoms with Crippen LogP contribution in [0.25, 0.3) is 0 Å². The highest BCUT2D eigenvalue weighted by atomic mass is 35.5. The fourth-order valence-corrected chi connectivity index (χ4v) is 2.94. The molecule has 0 bridgehead atoms. The summed E-state index contributed by atoms with van der Waals surface area (Å²) in [5.74, 6) is 0.124. The Kier molecular flexibility index (Phi) is 5.39. The molecule has 0 radical (unpaired) electrons. The molecule has 2 aromatic rings. The van der Waals surface area contributed by atoms with Gasteiger partial charge in [0.15, 0.2) is 0 Å². The van der Waals surface area contributed by atoms with Gasteiger partial charge in [-0.15, -0.1) is 11.8 Å². The third kappa shape index (κ3) is 4.30. The third-order valence-corrected chi connectivity index (χ3v) is 4.76. The van der Waals surface area contributed by atoms with Crippen molar-refractivity contribution in [3.05, 3.63) is 52.0 Å². The number of hydrogen-bond acceptors (Lipinski definition) is 3. The summed E-state index contributed by atoms with van der Waals surface area (Å²) in [4.78, 5) is 12.8. The molecule has 0 heterocycles.